The van der Waals surface area contributed by atoms with Crippen LogP contribution in [0.5, 0.6) is 0 Å². The van der Waals surface area contributed by atoms with Crippen LogP contribution in [-0.4, -0.2) is 53.0 Å². The van der Waals surface area contributed by atoms with Crippen LogP contribution in [0.1, 0.15) is 39.5 Å². The van der Waals surface area contributed by atoms with Crippen LogP contribution < -0.4 is 16.2 Å². The first-order valence-electron chi connectivity index (χ1n) is 7.78. The van der Waals surface area contributed by atoms with Gasteiger partial charge in [0.2, 0.25) is 5.91 Å². The quantitative estimate of drug-likeness (QED) is 0.257. The molecule has 4 N–H and O–H groups in total. The van der Waals surface area contributed by atoms with Crippen LogP contribution in [0, 0.1) is 0 Å². The van der Waals surface area contributed by atoms with Crippen LogP contribution in [0.3, 0.4) is 0 Å². The molecule has 2 amide bonds. The third-order valence-electron chi connectivity index (χ3n) is 4.81. The SMILES string of the molecule is CCCCC[C@@]1(C)[C@H]2SCC(=O)N2CC[NH+]1CC(=O)NN. The Hall–Kier alpha value is -0.790. The first kappa shape index (κ1) is 16.6. The van der Waals surface area contributed by atoms with Crippen LogP contribution in [0.2, 0.25) is 0 Å². The van der Waals surface area contributed by atoms with E-state index in [-0.39, 0.29) is 22.7 Å². The largest absolute Gasteiger partial charge is 0.319 e. The van der Waals surface area contributed by atoms with Crippen molar-refractivity contribution in [2.24, 2.45) is 5.84 Å². The molecule has 0 aliphatic carbocycles. The number of carbonyl (C=O) groups excluding carboxylic acids is 2. The highest BCUT2D eigenvalue weighted by molar-refractivity contribution is 8.01. The van der Waals surface area contributed by atoms with Crippen LogP contribution >= 0.6 is 11.8 Å². The molecule has 21 heavy (non-hydrogen) atoms. The highest BCUT2D eigenvalue weighted by atomic mass is 32.2. The summed E-state index contributed by atoms with van der Waals surface area (Å²) < 4.78 is 0. The van der Waals surface area contributed by atoms with Gasteiger partial charge in [0.1, 0.15) is 10.9 Å². The van der Waals surface area contributed by atoms with E-state index in [4.69, 9.17) is 5.84 Å². The molecule has 2 heterocycles. The summed E-state index contributed by atoms with van der Waals surface area (Å²) in [6.45, 7) is 6.37. The van der Waals surface area contributed by atoms with E-state index in [2.05, 4.69) is 19.3 Å². The van der Waals surface area contributed by atoms with Crippen LogP contribution in [0.4, 0.5) is 0 Å². The first-order chi connectivity index (χ1) is 10.0. The van der Waals surface area contributed by atoms with Gasteiger partial charge in [-0.05, 0) is 13.3 Å². The Labute approximate surface area is 130 Å². The number of hydrogen-bond acceptors (Lipinski definition) is 4. The van der Waals surface area contributed by atoms with E-state index in [0.29, 0.717) is 12.3 Å². The molecule has 2 rings (SSSR count). The Balaban J connectivity index is 2.15. The van der Waals surface area contributed by atoms with Crippen LogP contribution in [0.15, 0.2) is 0 Å². The van der Waals surface area contributed by atoms with E-state index < -0.39 is 0 Å². The first-order valence-corrected chi connectivity index (χ1v) is 8.83. The van der Waals surface area contributed by atoms with E-state index in [1.54, 1.807) is 11.8 Å². The second-order valence-corrected chi connectivity index (χ2v) is 7.29. The van der Waals surface area contributed by atoms with E-state index >= 15 is 0 Å². The number of quaternary nitrogens is 1. The molecule has 0 spiro atoms. The topological polar surface area (TPSA) is 79.9 Å². The summed E-state index contributed by atoms with van der Waals surface area (Å²) in [5.74, 6) is 5.93. The molecule has 0 aromatic rings. The zero-order chi connectivity index (χ0) is 15.5. The van der Waals surface area contributed by atoms with Gasteiger partial charge in [0, 0.05) is 6.42 Å². The molecule has 0 radical (unpaired) electrons. The van der Waals surface area contributed by atoms with E-state index in [1.165, 1.54) is 17.7 Å². The lowest BCUT2D eigenvalue weighted by Gasteiger charge is -2.48. The Morgan fingerprint density at radius 2 is 2.33 bits per heavy atom. The Morgan fingerprint density at radius 1 is 1.57 bits per heavy atom. The van der Waals surface area contributed by atoms with Gasteiger partial charge in [0.25, 0.3) is 5.91 Å². The lowest BCUT2D eigenvalue weighted by Crippen LogP contribution is -3.24. The number of nitrogens with one attached hydrogen (secondary N) is 2. The lowest BCUT2D eigenvalue weighted by molar-refractivity contribution is -0.950. The number of piperazine rings is 1. The van der Waals surface area contributed by atoms with Gasteiger partial charge in [0.15, 0.2) is 6.54 Å². The number of nitrogens with two attached hydrogens (primary N) is 1. The standard InChI is InChI=1S/C14H26N4O2S/c1-3-4-5-6-14(2)13-18(12(20)10-21-13)8-7-17(14)9-11(19)16-15/h13H,3-10,15H2,1-2H3,(H,16,19)/p+1/t13-,14+/m1/s1. The molecule has 2 aliphatic heterocycles. The number of thioether (sulfide) groups is 1. The minimum absolute atomic E-state index is 0.0727. The molecule has 120 valence electrons. The Kier molecular flexibility index (Phi) is 5.51. The Morgan fingerprint density at radius 3 is 3.00 bits per heavy atom. The van der Waals surface area contributed by atoms with Crippen molar-refractivity contribution in [3.63, 3.8) is 0 Å². The average molecular weight is 315 g/mol. The molecule has 2 saturated heterocycles. The third-order valence-corrected chi connectivity index (χ3v) is 6.31. The van der Waals surface area contributed by atoms with E-state index in [1.807, 2.05) is 4.90 Å². The maximum Gasteiger partial charge on any atom is 0.289 e. The number of nitrogens with zero attached hydrogens (tertiary/aromatic N) is 1. The summed E-state index contributed by atoms with van der Waals surface area (Å²) in [4.78, 5) is 27.0. The molecule has 0 aromatic carbocycles. The predicted molar refractivity (Wildman–Crippen MR) is 83.5 cm³/mol. The molecular formula is C14H27N4O2S+. The molecule has 2 aliphatic rings. The maximum atomic E-state index is 12.0. The van der Waals surface area contributed by atoms with Gasteiger partial charge in [-0.25, -0.2) is 5.84 Å². The van der Waals surface area contributed by atoms with Crippen LogP contribution in [-0.2, 0) is 9.59 Å². The van der Waals surface area contributed by atoms with Gasteiger partial charge in [-0.2, -0.15) is 0 Å². The number of rotatable bonds is 6. The molecule has 0 bridgehead atoms. The van der Waals surface area contributed by atoms with Gasteiger partial charge >= 0.3 is 0 Å². The molecular weight excluding hydrogens is 288 g/mol. The fourth-order valence-electron chi connectivity index (χ4n) is 3.52. The number of carbonyl (C=O) groups is 2. The second kappa shape index (κ2) is 6.98. The lowest BCUT2D eigenvalue weighted by atomic mass is 9.89. The Bertz CT molecular complexity index is 406. The number of fused-ring (bicyclic) bond motifs is 1. The molecule has 6 nitrogen and oxygen atoms in total. The smallest absolute Gasteiger partial charge is 0.289 e. The fourth-order valence-corrected chi connectivity index (χ4v) is 5.04. The van der Waals surface area contributed by atoms with Crippen molar-refractivity contribution < 1.29 is 14.5 Å². The molecule has 0 saturated carbocycles. The summed E-state index contributed by atoms with van der Waals surface area (Å²) in [5.41, 5.74) is 2.17. The second-order valence-electron chi connectivity index (χ2n) is 6.22. The summed E-state index contributed by atoms with van der Waals surface area (Å²) in [6, 6.07) is 0. The van der Waals surface area contributed by atoms with Crippen molar-refractivity contribution in [2.45, 2.75) is 50.4 Å². The normalized spacial score (nSPS) is 32.1. The minimum atomic E-state index is -0.130. The van der Waals surface area contributed by atoms with Crippen LogP contribution in [0.25, 0.3) is 0 Å². The number of unbranched alkanes of at least 4 members (excludes halogenated alkanes) is 2. The number of hydrazine groups is 1. The molecule has 3 atom stereocenters. The van der Waals surface area contributed by atoms with Gasteiger partial charge in [-0.1, -0.05) is 19.8 Å². The van der Waals surface area contributed by atoms with Crippen molar-refractivity contribution in [3.05, 3.63) is 0 Å². The average Bonchev–Trinajstić information content (AvgIpc) is 2.85. The van der Waals surface area contributed by atoms with Gasteiger partial charge in [-0.15, -0.1) is 11.8 Å². The molecule has 0 aromatic heterocycles. The van der Waals surface area contributed by atoms with Crippen molar-refractivity contribution in [2.75, 3.05) is 25.4 Å². The third kappa shape index (κ3) is 3.35. The zero-order valence-corrected chi connectivity index (χ0v) is 13.8. The van der Waals surface area contributed by atoms with E-state index in [9.17, 15) is 9.59 Å². The molecule has 7 heteroatoms. The predicted octanol–water partition coefficient (Wildman–Crippen LogP) is -0.885. The maximum absolute atomic E-state index is 12.0. The van der Waals surface area contributed by atoms with E-state index in [0.717, 1.165) is 25.9 Å². The van der Waals surface area contributed by atoms with Crippen molar-refractivity contribution in [1.29, 1.82) is 0 Å². The summed E-state index contributed by atoms with van der Waals surface area (Å²) in [5, 5.41) is 0.191. The molecule has 1 unspecified atom stereocenters. The van der Waals surface area contributed by atoms with Gasteiger partial charge in [-0.3, -0.25) is 15.0 Å². The fraction of sp³-hybridized carbons (Fsp3) is 0.857. The van der Waals surface area contributed by atoms with Gasteiger partial charge < -0.3 is 9.80 Å². The van der Waals surface area contributed by atoms with Crippen molar-refractivity contribution >= 4 is 23.6 Å². The summed E-state index contributed by atoms with van der Waals surface area (Å²) in [6.07, 6.45) is 4.54. The molecule has 2 fully saturated rings. The summed E-state index contributed by atoms with van der Waals surface area (Å²) >= 11 is 1.73. The highest BCUT2D eigenvalue weighted by Gasteiger charge is 2.54. The number of amides is 2. The monoisotopic (exact) mass is 315 g/mol. The summed E-state index contributed by atoms with van der Waals surface area (Å²) in [7, 11) is 0. The van der Waals surface area contributed by atoms with Crippen molar-refractivity contribution in [1.82, 2.24) is 10.3 Å². The zero-order valence-electron chi connectivity index (χ0n) is 13.0. The highest BCUT2D eigenvalue weighted by Crippen LogP contribution is 2.35. The number of hydrogen-bond donors (Lipinski definition) is 3. The minimum Gasteiger partial charge on any atom is -0.319 e. The van der Waals surface area contributed by atoms with Gasteiger partial charge in [0.05, 0.1) is 18.8 Å². The van der Waals surface area contributed by atoms with Crippen molar-refractivity contribution in [3.8, 4) is 0 Å².